The fraction of sp³-hybridized carbons (Fsp3) is 0.857. The summed E-state index contributed by atoms with van der Waals surface area (Å²) >= 11 is 17.0. The van der Waals surface area contributed by atoms with Crippen LogP contribution in [0.2, 0.25) is 0 Å². The standard InChI is InChI=1S/C7H11Cl2NS/c1-4-5(7(4,8)9)6(11)10(2)3/h4-5H,1-3H3. The second kappa shape index (κ2) is 2.75. The SMILES string of the molecule is CC1C(C(=S)N(C)C)C1(Cl)Cl. The lowest BCUT2D eigenvalue weighted by atomic mass is 10.3. The maximum Gasteiger partial charge on any atom is 0.131 e. The van der Waals surface area contributed by atoms with Crippen molar-refractivity contribution in [1.82, 2.24) is 4.90 Å². The molecule has 2 atom stereocenters. The zero-order valence-corrected chi connectivity index (χ0v) is 9.09. The highest BCUT2D eigenvalue weighted by molar-refractivity contribution is 7.80. The molecule has 0 aromatic carbocycles. The number of alkyl halides is 2. The van der Waals surface area contributed by atoms with Gasteiger partial charge < -0.3 is 4.90 Å². The number of rotatable bonds is 1. The van der Waals surface area contributed by atoms with Gasteiger partial charge in [0, 0.05) is 25.9 Å². The van der Waals surface area contributed by atoms with Crippen LogP contribution in [-0.2, 0) is 0 Å². The van der Waals surface area contributed by atoms with Gasteiger partial charge in [-0.1, -0.05) is 19.1 Å². The molecule has 1 aliphatic carbocycles. The van der Waals surface area contributed by atoms with Crippen molar-refractivity contribution in [2.75, 3.05) is 14.1 Å². The average Bonchev–Trinajstić information content (AvgIpc) is 2.32. The first-order chi connectivity index (χ1) is 4.89. The van der Waals surface area contributed by atoms with E-state index in [0.29, 0.717) is 5.92 Å². The topological polar surface area (TPSA) is 3.24 Å². The Balaban J connectivity index is 2.61. The Labute approximate surface area is 82.6 Å². The van der Waals surface area contributed by atoms with E-state index in [1.807, 2.05) is 25.9 Å². The summed E-state index contributed by atoms with van der Waals surface area (Å²) in [4.78, 5) is 2.74. The van der Waals surface area contributed by atoms with Gasteiger partial charge in [0.2, 0.25) is 0 Å². The number of thiocarbonyl (C=S) groups is 1. The Hall–Kier alpha value is 0.470. The summed E-state index contributed by atoms with van der Waals surface area (Å²) in [6.45, 7) is 2.01. The highest BCUT2D eigenvalue weighted by atomic mass is 35.5. The van der Waals surface area contributed by atoms with E-state index in [0.717, 1.165) is 4.99 Å². The Morgan fingerprint density at radius 1 is 1.45 bits per heavy atom. The molecule has 64 valence electrons. The van der Waals surface area contributed by atoms with Crippen molar-refractivity contribution >= 4 is 40.4 Å². The fourth-order valence-electron chi connectivity index (χ4n) is 1.14. The Bertz CT molecular complexity index is 191. The predicted molar refractivity (Wildman–Crippen MR) is 53.4 cm³/mol. The summed E-state index contributed by atoms with van der Waals surface area (Å²) in [7, 11) is 3.83. The third-order valence-corrected chi connectivity index (χ3v) is 3.90. The van der Waals surface area contributed by atoms with E-state index in [1.54, 1.807) is 0 Å². The number of hydrogen-bond donors (Lipinski definition) is 0. The zero-order valence-electron chi connectivity index (χ0n) is 6.77. The molecule has 0 bridgehead atoms. The lowest BCUT2D eigenvalue weighted by molar-refractivity contribution is 0.608. The van der Waals surface area contributed by atoms with Crippen molar-refractivity contribution in [1.29, 1.82) is 0 Å². The van der Waals surface area contributed by atoms with E-state index in [4.69, 9.17) is 35.4 Å². The van der Waals surface area contributed by atoms with Crippen molar-refractivity contribution in [3.05, 3.63) is 0 Å². The number of hydrogen-bond acceptors (Lipinski definition) is 1. The van der Waals surface area contributed by atoms with Gasteiger partial charge in [-0.25, -0.2) is 0 Å². The van der Waals surface area contributed by atoms with Gasteiger partial charge in [0.15, 0.2) is 0 Å². The normalized spacial score (nSPS) is 33.2. The van der Waals surface area contributed by atoms with Gasteiger partial charge in [0.05, 0.1) is 4.99 Å². The Morgan fingerprint density at radius 3 is 1.91 bits per heavy atom. The van der Waals surface area contributed by atoms with Crippen LogP contribution < -0.4 is 0 Å². The quantitative estimate of drug-likeness (QED) is 0.484. The second-order valence-electron chi connectivity index (χ2n) is 3.17. The first kappa shape index (κ1) is 9.56. The smallest absolute Gasteiger partial charge is 0.131 e. The molecule has 1 saturated carbocycles. The van der Waals surface area contributed by atoms with Crippen LogP contribution in [0.1, 0.15) is 6.92 Å². The van der Waals surface area contributed by atoms with Crippen LogP contribution in [0.4, 0.5) is 0 Å². The minimum atomic E-state index is -0.610. The molecule has 0 aromatic heterocycles. The van der Waals surface area contributed by atoms with Crippen LogP contribution in [0, 0.1) is 11.8 Å². The van der Waals surface area contributed by atoms with Crippen LogP contribution in [-0.4, -0.2) is 28.3 Å². The van der Waals surface area contributed by atoms with Gasteiger partial charge in [-0.15, -0.1) is 23.2 Å². The van der Waals surface area contributed by atoms with Crippen LogP contribution in [0.25, 0.3) is 0 Å². The monoisotopic (exact) mass is 211 g/mol. The largest absolute Gasteiger partial charge is 0.372 e. The van der Waals surface area contributed by atoms with Gasteiger partial charge in [-0.3, -0.25) is 0 Å². The molecule has 1 nitrogen and oxygen atoms in total. The highest BCUT2D eigenvalue weighted by Gasteiger charge is 2.62. The second-order valence-corrected chi connectivity index (χ2v) is 5.04. The van der Waals surface area contributed by atoms with E-state index in [2.05, 4.69) is 0 Å². The zero-order chi connectivity index (χ0) is 8.81. The lowest BCUT2D eigenvalue weighted by Crippen LogP contribution is -2.23. The molecule has 1 aliphatic rings. The summed E-state index contributed by atoms with van der Waals surface area (Å²) in [6, 6.07) is 0. The van der Waals surface area contributed by atoms with Crippen molar-refractivity contribution in [2.24, 2.45) is 11.8 Å². The van der Waals surface area contributed by atoms with Gasteiger partial charge in [0.1, 0.15) is 4.33 Å². The van der Waals surface area contributed by atoms with Crippen molar-refractivity contribution in [3.63, 3.8) is 0 Å². The molecule has 4 heteroatoms. The molecular formula is C7H11Cl2NS. The van der Waals surface area contributed by atoms with E-state index in [-0.39, 0.29) is 5.92 Å². The molecule has 0 heterocycles. The number of nitrogens with zero attached hydrogens (tertiary/aromatic N) is 1. The maximum atomic E-state index is 5.95. The van der Waals surface area contributed by atoms with Gasteiger partial charge >= 0.3 is 0 Å². The van der Waals surface area contributed by atoms with Crippen LogP contribution >= 0.6 is 35.4 Å². The minimum Gasteiger partial charge on any atom is -0.372 e. The molecule has 0 spiro atoms. The molecule has 11 heavy (non-hydrogen) atoms. The fourth-order valence-corrected chi connectivity index (χ4v) is 2.37. The van der Waals surface area contributed by atoms with Crippen LogP contribution in [0.15, 0.2) is 0 Å². The Morgan fingerprint density at radius 2 is 1.82 bits per heavy atom. The molecule has 0 radical (unpaired) electrons. The van der Waals surface area contributed by atoms with Crippen LogP contribution in [0.5, 0.6) is 0 Å². The lowest BCUT2D eigenvalue weighted by Gasteiger charge is -2.13. The summed E-state index contributed by atoms with van der Waals surface area (Å²) in [5, 5.41) is 0. The molecule has 1 fully saturated rings. The molecule has 0 aliphatic heterocycles. The number of halogens is 2. The van der Waals surface area contributed by atoms with Gasteiger partial charge in [-0.05, 0) is 0 Å². The summed E-state index contributed by atoms with van der Waals surface area (Å²) in [5.41, 5.74) is 0. The van der Waals surface area contributed by atoms with E-state index < -0.39 is 4.33 Å². The van der Waals surface area contributed by atoms with Crippen LogP contribution in [0.3, 0.4) is 0 Å². The molecule has 0 saturated heterocycles. The minimum absolute atomic E-state index is 0.163. The molecule has 0 N–H and O–H groups in total. The van der Waals surface area contributed by atoms with Crippen molar-refractivity contribution in [2.45, 2.75) is 11.3 Å². The van der Waals surface area contributed by atoms with Crippen molar-refractivity contribution in [3.8, 4) is 0 Å². The molecule has 0 amide bonds. The first-order valence-corrected chi connectivity index (χ1v) is 4.64. The molecule has 2 unspecified atom stereocenters. The third kappa shape index (κ3) is 1.49. The predicted octanol–water partition coefficient (Wildman–Crippen LogP) is 2.32. The van der Waals surface area contributed by atoms with E-state index in [9.17, 15) is 0 Å². The highest BCUT2D eigenvalue weighted by Crippen LogP contribution is 2.59. The average molecular weight is 212 g/mol. The summed E-state index contributed by atoms with van der Waals surface area (Å²) in [6.07, 6.45) is 0. The first-order valence-electron chi connectivity index (χ1n) is 3.48. The summed E-state index contributed by atoms with van der Waals surface area (Å²) in [5.74, 6) is 0.455. The Kier molecular flexibility index (Phi) is 2.39. The molecule has 1 rings (SSSR count). The van der Waals surface area contributed by atoms with Gasteiger partial charge in [-0.2, -0.15) is 0 Å². The van der Waals surface area contributed by atoms with E-state index in [1.165, 1.54) is 0 Å². The third-order valence-electron chi connectivity index (χ3n) is 2.12. The van der Waals surface area contributed by atoms with Crippen molar-refractivity contribution < 1.29 is 0 Å². The maximum absolute atomic E-state index is 5.95. The van der Waals surface area contributed by atoms with Gasteiger partial charge in [0.25, 0.3) is 0 Å². The summed E-state index contributed by atoms with van der Waals surface area (Å²) < 4.78 is -0.610. The molecule has 0 aromatic rings. The molecular weight excluding hydrogens is 201 g/mol. The van der Waals surface area contributed by atoms with E-state index >= 15 is 0 Å².